The number of halogens is 3. The van der Waals surface area contributed by atoms with E-state index >= 15 is 0 Å². The molecule has 1 saturated heterocycles. The van der Waals surface area contributed by atoms with Crippen LogP contribution in [0.5, 0.6) is 5.75 Å². The van der Waals surface area contributed by atoms with Gasteiger partial charge in [0.1, 0.15) is 5.75 Å². The number of aliphatic hydroxyl groups excluding tert-OH is 1. The number of hydrogen-bond donors (Lipinski definition) is 2. The van der Waals surface area contributed by atoms with Crippen molar-refractivity contribution in [3.05, 3.63) is 64.8 Å². The van der Waals surface area contributed by atoms with Crippen molar-refractivity contribution in [2.75, 3.05) is 32.5 Å². The number of carbonyl (C=O) groups is 1. The van der Waals surface area contributed by atoms with Gasteiger partial charge in [-0.1, -0.05) is 17.7 Å². The van der Waals surface area contributed by atoms with Crippen molar-refractivity contribution in [3.63, 3.8) is 0 Å². The van der Waals surface area contributed by atoms with Gasteiger partial charge in [-0.2, -0.15) is 0 Å². The number of piperidine rings is 1. The highest BCUT2D eigenvalue weighted by molar-refractivity contribution is 7.99. The minimum absolute atomic E-state index is 0.248. The van der Waals surface area contributed by atoms with Crippen LogP contribution in [0.2, 0.25) is 5.02 Å². The fourth-order valence-corrected chi connectivity index (χ4v) is 6.20. The number of fused-ring (bicyclic) bond motifs is 1. The number of methoxy groups -OCH3 is 1. The number of carboxylic acid groups (broad SMARTS) is 1. The lowest BCUT2D eigenvalue weighted by Gasteiger charge is -2.39. The summed E-state index contributed by atoms with van der Waals surface area (Å²) in [6, 6.07) is 9.52. The molecule has 0 unspecified atom stereocenters. The third-order valence-corrected chi connectivity index (χ3v) is 8.78. The molecule has 10 heteroatoms. The average Bonchev–Trinajstić information content (AvgIpc) is 2.92. The highest BCUT2D eigenvalue weighted by atomic mass is 35.5. The number of carboxylic acids is 1. The number of nitrogens with zero attached hydrogens (tertiary/aromatic N) is 2. The Bertz CT molecular complexity index is 1290. The van der Waals surface area contributed by atoms with E-state index in [1.54, 1.807) is 31.4 Å². The molecular formula is C28H31ClF2N2O4S. The molecule has 0 bridgehead atoms. The van der Waals surface area contributed by atoms with Gasteiger partial charge in [0.15, 0.2) is 11.6 Å². The molecule has 3 aromatic rings. The van der Waals surface area contributed by atoms with Crippen molar-refractivity contribution >= 4 is 40.2 Å². The highest BCUT2D eigenvalue weighted by Gasteiger charge is 2.41. The van der Waals surface area contributed by atoms with Crippen LogP contribution in [0.3, 0.4) is 0 Å². The minimum Gasteiger partial charge on any atom is -0.497 e. The van der Waals surface area contributed by atoms with Gasteiger partial charge in [-0.15, -0.1) is 11.8 Å². The highest BCUT2D eigenvalue weighted by Crippen LogP contribution is 2.41. The smallest absolute Gasteiger partial charge is 0.309 e. The van der Waals surface area contributed by atoms with E-state index in [-0.39, 0.29) is 6.42 Å². The van der Waals surface area contributed by atoms with Gasteiger partial charge in [-0.25, -0.2) is 8.78 Å². The molecule has 1 atom stereocenters. The molecule has 0 radical (unpaired) electrons. The maximum Gasteiger partial charge on any atom is 0.309 e. The lowest BCUT2D eigenvalue weighted by atomic mass is 9.74. The summed E-state index contributed by atoms with van der Waals surface area (Å²) in [5, 5.41) is 22.2. The Morgan fingerprint density at radius 2 is 2.03 bits per heavy atom. The second kappa shape index (κ2) is 12.6. The summed E-state index contributed by atoms with van der Waals surface area (Å²) in [5.74, 6) is -1.26. The second-order valence-electron chi connectivity index (χ2n) is 9.64. The number of hydrogen-bond acceptors (Lipinski definition) is 6. The molecule has 204 valence electrons. The Kier molecular flexibility index (Phi) is 9.46. The van der Waals surface area contributed by atoms with E-state index in [4.69, 9.17) is 16.3 Å². The zero-order chi connectivity index (χ0) is 27.3. The van der Waals surface area contributed by atoms with Crippen LogP contribution in [0.4, 0.5) is 8.78 Å². The van der Waals surface area contributed by atoms with E-state index in [9.17, 15) is 23.8 Å². The molecule has 2 heterocycles. The molecule has 4 rings (SSSR count). The molecular weight excluding hydrogens is 534 g/mol. The first-order valence-electron chi connectivity index (χ1n) is 12.6. The molecule has 1 fully saturated rings. The Labute approximate surface area is 230 Å². The molecule has 0 amide bonds. The molecule has 0 spiro atoms. The number of aliphatic carboxylic acids is 1. The van der Waals surface area contributed by atoms with Gasteiger partial charge in [0.25, 0.3) is 0 Å². The van der Waals surface area contributed by atoms with Crippen LogP contribution in [0.15, 0.2) is 47.5 Å². The number of aliphatic hydroxyl groups is 1. The van der Waals surface area contributed by atoms with Crippen LogP contribution in [0.1, 0.15) is 43.8 Å². The van der Waals surface area contributed by atoms with Gasteiger partial charge in [0, 0.05) is 22.0 Å². The fourth-order valence-electron chi connectivity index (χ4n) is 5.03. The number of pyridine rings is 1. The number of aromatic nitrogens is 1. The molecule has 1 aliphatic rings. The normalized spacial score (nSPS) is 16.4. The summed E-state index contributed by atoms with van der Waals surface area (Å²) < 4.78 is 32.5. The quantitative estimate of drug-likeness (QED) is 0.208. The third-order valence-electron chi connectivity index (χ3n) is 7.36. The summed E-state index contributed by atoms with van der Waals surface area (Å²) in [6.07, 6.45) is 2.83. The number of thioether (sulfide) groups is 1. The van der Waals surface area contributed by atoms with Gasteiger partial charge in [0.05, 0.1) is 29.2 Å². The van der Waals surface area contributed by atoms with Crippen LogP contribution in [0, 0.1) is 17.0 Å². The predicted octanol–water partition coefficient (Wildman–Crippen LogP) is 6.34. The topological polar surface area (TPSA) is 82.9 Å². The van der Waals surface area contributed by atoms with Gasteiger partial charge in [0.2, 0.25) is 0 Å². The maximum absolute atomic E-state index is 13.8. The lowest BCUT2D eigenvalue weighted by molar-refractivity contribution is -0.153. The maximum atomic E-state index is 13.8. The Morgan fingerprint density at radius 3 is 2.74 bits per heavy atom. The van der Waals surface area contributed by atoms with E-state index < -0.39 is 29.1 Å². The van der Waals surface area contributed by atoms with E-state index in [1.165, 1.54) is 24.0 Å². The monoisotopic (exact) mass is 564 g/mol. The zero-order valence-electron chi connectivity index (χ0n) is 21.1. The summed E-state index contributed by atoms with van der Waals surface area (Å²) in [7, 11) is 1.56. The van der Waals surface area contributed by atoms with Crippen LogP contribution < -0.4 is 4.74 Å². The molecule has 2 N–H and O–H groups in total. The fraction of sp³-hybridized carbons (Fsp3) is 0.429. The van der Waals surface area contributed by atoms with Crippen LogP contribution in [0.25, 0.3) is 10.9 Å². The van der Waals surface area contributed by atoms with E-state index in [1.807, 2.05) is 0 Å². The Hall–Kier alpha value is -2.46. The Morgan fingerprint density at radius 1 is 1.26 bits per heavy atom. The van der Waals surface area contributed by atoms with Crippen LogP contribution in [-0.4, -0.2) is 58.6 Å². The first-order valence-corrected chi connectivity index (χ1v) is 13.9. The van der Waals surface area contributed by atoms with Gasteiger partial charge >= 0.3 is 5.97 Å². The molecule has 2 aromatic carbocycles. The molecule has 0 saturated carbocycles. The summed E-state index contributed by atoms with van der Waals surface area (Å²) in [6.45, 7) is 2.00. The first kappa shape index (κ1) is 28.5. The third kappa shape index (κ3) is 6.39. The van der Waals surface area contributed by atoms with Crippen molar-refractivity contribution < 1.29 is 28.5 Å². The lowest BCUT2D eigenvalue weighted by Crippen LogP contribution is -2.44. The van der Waals surface area contributed by atoms with Crippen molar-refractivity contribution in [1.29, 1.82) is 0 Å². The molecule has 0 aliphatic carbocycles. The van der Waals surface area contributed by atoms with Crippen molar-refractivity contribution in [3.8, 4) is 5.75 Å². The Balaban J connectivity index is 1.33. The summed E-state index contributed by atoms with van der Waals surface area (Å²) in [4.78, 5) is 19.2. The SMILES string of the molecule is COc1ccc2ncc(Cl)c([C@@H](O)CCC3(C(=O)O)CCN(CCCSc4cccc(F)c4F)CC3)c2c1. The summed E-state index contributed by atoms with van der Waals surface area (Å²) in [5.41, 5.74) is 0.272. The number of benzene rings is 2. The van der Waals surface area contributed by atoms with Crippen molar-refractivity contribution in [2.45, 2.75) is 43.1 Å². The van der Waals surface area contributed by atoms with Crippen molar-refractivity contribution in [1.82, 2.24) is 9.88 Å². The first-order chi connectivity index (χ1) is 18.2. The largest absolute Gasteiger partial charge is 0.497 e. The average molecular weight is 565 g/mol. The second-order valence-corrected chi connectivity index (χ2v) is 11.2. The van der Waals surface area contributed by atoms with Crippen molar-refractivity contribution in [2.24, 2.45) is 5.41 Å². The van der Waals surface area contributed by atoms with Crippen LogP contribution >= 0.6 is 23.4 Å². The number of rotatable bonds is 11. The number of ether oxygens (including phenoxy) is 1. The zero-order valence-corrected chi connectivity index (χ0v) is 22.7. The van der Waals surface area contributed by atoms with Gasteiger partial charge in [-0.05, 0) is 87.8 Å². The van der Waals surface area contributed by atoms with Gasteiger partial charge in [-0.3, -0.25) is 9.78 Å². The van der Waals surface area contributed by atoms with E-state index in [0.29, 0.717) is 70.2 Å². The van der Waals surface area contributed by atoms with Gasteiger partial charge < -0.3 is 19.8 Å². The van der Waals surface area contributed by atoms with Crippen LogP contribution in [-0.2, 0) is 4.79 Å². The molecule has 6 nitrogen and oxygen atoms in total. The predicted molar refractivity (Wildman–Crippen MR) is 145 cm³/mol. The minimum atomic E-state index is -0.949. The van der Waals surface area contributed by atoms with E-state index in [2.05, 4.69) is 9.88 Å². The molecule has 38 heavy (non-hydrogen) atoms. The summed E-state index contributed by atoms with van der Waals surface area (Å²) >= 11 is 7.70. The van der Waals surface area contributed by atoms with E-state index in [0.717, 1.165) is 19.0 Å². The standard InChI is InChI=1S/C28H31ClF2N2O4S/c1-37-18-6-7-22-19(16-18)25(20(29)17-32-22)23(34)8-9-28(27(35)36)10-13-33(14-11-28)12-3-15-38-24-5-2-4-21(30)26(24)31/h2,4-7,16-17,23,34H,3,8-15H2,1H3,(H,35,36)/t23-/m0/s1. The molecule has 1 aromatic heterocycles. The number of likely N-dealkylation sites (tertiary alicyclic amines) is 1. The molecule has 1 aliphatic heterocycles.